The number of rotatable bonds is 3. The number of H-pyrrole nitrogens is 1. The molecule has 0 spiro atoms. The van der Waals surface area contributed by atoms with E-state index in [0.717, 1.165) is 11.3 Å². The summed E-state index contributed by atoms with van der Waals surface area (Å²) in [4.78, 5) is 19.3. The van der Waals surface area contributed by atoms with Crippen LogP contribution < -0.4 is 10.3 Å². The molecule has 0 bridgehead atoms. The molecule has 130 valence electrons. The number of fused-ring (bicyclic) bond motifs is 1. The minimum Gasteiger partial charge on any atom is -0.488 e. The first-order valence-corrected chi connectivity index (χ1v) is 8.26. The third kappa shape index (κ3) is 3.98. The molecule has 0 aliphatic carbocycles. The van der Waals surface area contributed by atoms with Crippen molar-refractivity contribution in [2.45, 2.75) is 26.4 Å². The molecule has 1 heterocycles. The summed E-state index contributed by atoms with van der Waals surface area (Å²) in [5.41, 5.74) is 1.13. The summed E-state index contributed by atoms with van der Waals surface area (Å²) in [5.74, 6) is 1.01. The van der Waals surface area contributed by atoms with E-state index >= 15 is 0 Å². The van der Waals surface area contributed by atoms with Crippen LogP contribution in [0, 0.1) is 11.3 Å². The number of allylic oxidation sites excluding steroid dienone is 1. The van der Waals surface area contributed by atoms with Gasteiger partial charge in [-0.25, -0.2) is 4.98 Å². The molecule has 0 saturated heterocycles. The minimum atomic E-state index is -0.274. The zero-order chi connectivity index (χ0) is 18.7. The maximum absolute atomic E-state index is 12.2. The van der Waals surface area contributed by atoms with Crippen LogP contribution in [0.3, 0.4) is 0 Å². The second kappa shape index (κ2) is 6.85. The second-order valence-electron chi connectivity index (χ2n) is 6.88. The number of nitriles is 1. The van der Waals surface area contributed by atoms with E-state index < -0.39 is 0 Å². The molecule has 5 nitrogen and oxygen atoms in total. The standard InChI is InChI=1S/C21H19N3O2/c1-21(2,3)26-16-10-8-14(9-11-16)12-15(13-22)19-23-18-7-5-4-6-17(18)20(25)24-19/h4-12H,1-3H3,(H,23,24,25)/b15-12-. The molecule has 26 heavy (non-hydrogen) atoms. The number of aromatic amines is 1. The normalized spacial score (nSPS) is 12.0. The molecule has 0 radical (unpaired) electrons. The van der Waals surface area contributed by atoms with Gasteiger partial charge in [-0.05, 0) is 56.7 Å². The number of ether oxygens (including phenoxy) is 1. The summed E-state index contributed by atoms with van der Waals surface area (Å²) < 4.78 is 5.79. The van der Waals surface area contributed by atoms with Crippen LogP contribution in [-0.4, -0.2) is 15.6 Å². The zero-order valence-corrected chi connectivity index (χ0v) is 14.9. The van der Waals surface area contributed by atoms with Crippen LogP contribution in [0.15, 0.2) is 53.3 Å². The quantitative estimate of drug-likeness (QED) is 0.723. The fourth-order valence-corrected chi connectivity index (χ4v) is 2.52. The number of hydrogen-bond donors (Lipinski definition) is 1. The molecular formula is C21H19N3O2. The lowest BCUT2D eigenvalue weighted by Crippen LogP contribution is -2.22. The van der Waals surface area contributed by atoms with Gasteiger partial charge < -0.3 is 9.72 Å². The highest BCUT2D eigenvalue weighted by molar-refractivity contribution is 5.89. The Morgan fingerprint density at radius 1 is 1.15 bits per heavy atom. The molecular weight excluding hydrogens is 326 g/mol. The Bertz CT molecular complexity index is 1070. The lowest BCUT2D eigenvalue weighted by molar-refractivity contribution is 0.131. The third-order valence-electron chi connectivity index (χ3n) is 3.60. The first kappa shape index (κ1) is 17.4. The SMILES string of the molecule is CC(C)(C)Oc1ccc(/C=C(/C#N)c2nc3ccccc3c(=O)[nH]2)cc1. The molecule has 0 aliphatic heterocycles. The van der Waals surface area contributed by atoms with Crippen molar-refractivity contribution >= 4 is 22.6 Å². The number of nitrogens with one attached hydrogen (secondary N) is 1. The number of benzene rings is 2. The molecule has 2 aromatic carbocycles. The van der Waals surface area contributed by atoms with E-state index in [-0.39, 0.29) is 22.6 Å². The Labute approximate surface area is 151 Å². The lowest BCUT2D eigenvalue weighted by Gasteiger charge is -2.21. The average Bonchev–Trinajstić information content (AvgIpc) is 2.60. The van der Waals surface area contributed by atoms with Gasteiger partial charge in [0, 0.05) is 0 Å². The summed E-state index contributed by atoms with van der Waals surface area (Å²) in [6.45, 7) is 5.95. The van der Waals surface area contributed by atoms with Crippen LogP contribution in [0.25, 0.3) is 22.6 Å². The average molecular weight is 345 g/mol. The molecule has 1 N–H and O–H groups in total. The van der Waals surface area contributed by atoms with Crippen LogP contribution in [0.5, 0.6) is 5.75 Å². The number of hydrogen-bond acceptors (Lipinski definition) is 4. The molecule has 0 fully saturated rings. The van der Waals surface area contributed by atoms with E-state index in [2.05, 4.69) is 16.0 Å². The largest absolute Gasteiger partial charge is 0.488 e. The Kier molecular flexibility index (Phi) is 4.59. The molecule has 3 aromatic rings. The molecule has 0 amide bonds. The van der Waals surface area contributed by atoms with Crippen molar-refractivity contribution in [1.82, 2.24) is 9.97 Å². The van der Waals surface area contributed by atoms with Gasteiger partial charge in [-0.15, -0.1) is 0 Å². The summed E-state index contributed by atoms with van der Waals surface area (Å²) in [7, 11) is 0. The van der Waals surface area contributed by atoms with Crippen LogP contribution >= 0.6 is 0 Å². The fourth-order valence-electron chi connectivity index (χ4n) is 2.52. The predicted octanol–water partition coefficient (Wildman–Crippen LogP) is 4.16. The number of nitrogens with zero attached hydrogens (tertiary/aromatic N) is 2. The van der Waals surface area contributed by atoms with Crippen LogP contribution in [0.4, 0.5) is 0 Å². The number of aromatic nitrogens is 2. The van der Waals surface area contributed by atoms with Crippen LogP contribution in [0.1, 0.15) is 32.2 Å². The fraction of sp³-hybridized carbons (Fsp3) is 0.190. The molecule has 0 atom stereocenters. The molecule has 0 aliphatic rings. The smallest absolute Gasteiger partial charge is 0.259 e. The summed E-state index contributed by atoms with van der Waals surface area (Å²) in [6, 6.07) is 16.6. The van der Waals surface area contributed by atoms with Gasteiger partial charge >= 0.3 is 0 Å². The predicted molar refractivity (Wildman–Crippen MR) is 103 cm³/mol. The topological polar surface area (TPSA) is 78.8 Å². The van der Waals surface area contributed by atoms with Gasteiger partial charge in [0.15, 0.2) is 5.82 Å². The lowest BCUT2D eigenvalue weighted by atomic mass is 10.1. The maximum atomic E-state index is 12.2. The Morgan fingerprint density at radius 2 is 1.85 bits per heavy atom. The third-order valence-corrected chi connectivity index (χ3v) is 3.60. The summed E-state index contributed by atoms with van der Waals surface area (Å²) in [6.07, 6.45) is 1.69. The van der Waals surface area contributed by atoms with E-state index in [0.29, 0.717) is 10.9 Å². The van der Waals surface area contributed by atoms with Crippen molar-refractivity contribution in [1.29, 1.82) is 5.26 Å². The highest BCUT2D eigenvalue weighted by Gasteiger charge is 2.12. The zero-order valence-electron chi connectivity index (χ0n) is 14.9. The van der Waals surface area contributed by atoms with Crippen LogP contribution in [0.2, 0.25) is 0 Å². The number of para-hydroxylation sites is 1. The molecule has 0 unspecified atom stereocenters. The van der Waals surface area contributed by atoms with Crippen molar-refractivity contribution in [2.24, 2.45) is 0 Å². The second-order valence-corrected chi connectivity index (χ2v) is 6.88. The van der Waals surface area contributed by atoms with E-state index in [9.17, 15) is 10.1 Å². The Hall–Kier alpha value is -3.39. The van der Waals surface area contributed by atoms with Gasteiger partial charge in [0.25, 0.3) is 5.56 Å². The van der Waals surface area contributed by atoms with Crippen molar-refractivity contribution in [3.63, 3.8) is 0 Å². The van der Waals surface area contributed by atoms with E-state index in [1.54, 1.807) is 24.3 Å². The van der Waals surface area contributed by atoms with E-state index in [1.165, 1.54) is 0 Å². The van der Waals surface area contributed by atoms with Crippen molar-refractivity contribution in [2.75, 3.05) is 0 Å². The van der Waals surface area contributed by atoms with E-state index in [1.807, 2.05) is 51.1 Å². The van der Waals surface area contributed by atoms with Gasteiger partial charge in [0.05, 0.1) is 16.5 Å². The molecule has 1 aromatic heterocycles. The Morgan fingerprint density at radius 3 is 2.50 bits per heavy atom. The summed E-state index contributed by atoms with van der Waals surface area (Å²) in [5, 5.41) is 10.0. The summed E-state index contributed by atoms with van der Waals surface area (Å²) >= 11 is 0. The molecule has 5 heteroatoms. The maximum Gasteiger partial charge on any atom is 0.259 e. The van der Waals surface area contributed by atoms with Crippen molar-refractivity contribution < 1.29 is 4.74 Å². The van der Waals surface area contributed by atoms with Gasteiger partial charge in [-0.1, -0.05) is 24.3 Å². The van der Waals surface area contributed by atoms with Gasteiger partial charge in [-0.2, -0.15) is 5.26 Å². The van der Waals surface area contributed by atoms with Gasteiger partial charge in [-0.3, -0.25) is 4.79 Å². The van der Waals surface area contributed by atoms with Crippen molar-refractivity contribution in [3.05, 3.63) is 70.3 Å². The first-order valence-electron chi connectivity index (χ1n) is 8.26. The Balaban J connectivity index is 1.96. The van der Waals surface area contributed by atoms with Crippen molar-refractivity contribution in [3.8, 4) is 11.8 Å². The highest BCUT2D eigenvalue weighted by atomic mass is 16.5. The van der Waals surface area contributed by atoms with E-state index in [4.69, 9.17) is 4.74 Å². The molecule has 3 rings (SSSR count). The highest BCUT2D eigenvalue weighted by Crippen LogP contribution is 2.21. The van der Waals surface area contributed by atoms with Gasteiger partial charge in [0.2, 0.25) is 0 Å². The van der Waals surface area contributed by atoms with Gasteiger partial charge in [0.1, 0.15) is 17.4 Å². The monoisotopic (exact) mass is 345 g/mol. The van der Waals surface area contributed by atoms with Crippen LogP contribution in [-0.2, 0) is 0 Å². The minimum absolute atomic E-state index is 0.256. The molecule has 0 saturated carbocycles. The first-order chi connectivity index (χ1) is 12.4.